The highest BCUT2D eigenvalue weighted by Gasteiger charge is 2.15. The molecule has 0 aliphatic carbocycles. The maximum atomic E-state index is 10.1. The van der Waals surface area contributed by atoms with Gasteiger partial charge in [0.25, 0.3) is 5.89 Å². The van der Waals surface area contributed by atoms with Crippen LogP contribution in [0.4, 0.5) is 5.82 Å². The van der Waals surface area contributed by atoms with Crippen LogP contribution >= 0.6 is 0 Å². The Balaban J connectivity index is 1.96. The zero-order valence-electron chi connectivity index (χ0n) is 15.6. The van der Waals surface area contributed by atoms with E-state index >= 15 is 0 Å². The van der Waals surface area contributed by atoms with Gasteiger partial charge in [-0.3, -0.25) is 0 Å². The molecule has 6 heteroatoms. The Morgan fingerprint density at radius 1 is 1.04 bits per heavy atom. The molecule has 0 saturated heterocycles. The molecule has 0 radical (unpaired) electrons. The Morgan fingerprint density at radius 3 is 2.58 bits per heavy atom. The molecule has 1 aromatic carbocycles. The van der Waals surface area contributed by atoms with Gasteiger partial charge in [0, 0.05) is 23.4 Å². The quantitative estimate of drug-likeness (QED) is 0.679. The first-order chi connectivity index (χ1) is 12.5. The molecular weight excluding hydrogens is 328 g/mol. The summed E-state index contributed by atoms with van der Waals surface area (Å²) >= 11 is 0. The standard InChI is InChI=1S/C20H24N4O2/c1-5-7-21-17-11-16(9-13(4)22-17)20-23-19(24-26-20)15-8-12(3)18(25)14(6-2)10-15/h8-11,25H,5-7H2,1-4H3,(H,21,22). The summed E-state index contributed by atoms with van der Waals surface area (Å²) in [5, 5.41) is 17.5. The fraction of sp³-hybridized carbons (Fsp3) is 0.350. The van der Waals surface area contributed by atoms with E-state index in [1.165, 1.54) is 0 Å². The average molecular weight is 352 g/mol. The summed E-state index contributed by atoms with van der Waals surface area (Å²) in [5.41, 5.74) is 4.23. The lowest BCUT2D eigenvalue weighted by Crippen LogP contribution is -2.02. The van der Waals surface area contributed by atoms with Crippen LogP contribution in [0.3, 0.4) is 0 Å². The Bertz CT molecular complexity index is 918. The van der Waals surface area contributed by atoms with Gasteiger partial charge in [0.1, 0.15) is 11.6 Å². The Morgan fingerprint density at radius 2 is 1.85 bits per heavy atom. The van der Waals surface area contributed by atoms with Crippen molar-refractivity contribution in [1.29, 1.82) is 0 Å². The van der Waals surface area contributed by atoms with E-state index in [0.717, 1.165) is 53.2 Å². The molecule has 0 spiro atoms. The number of aryl methyl sites for hydroxylation is 3. The fourth-order valence-corrected chi connectivity index (χ4v) is 2.84. The first-order valence-corrected chi connectivity index (χ1v) is 8.91. The van der Waals surface area contributed by atoms with Crippen LogP contribution in [-0.2, 0) is 6.42 Å². The number of pyridine rings is 1. The number of anilines is 1. The number of phenolic OH excluding ortho intramolecular Hbond substituents is 1. The van der Waals surface area contributed by atoms with Crippen LogP contribution in [-0.4, -0.2) is 26.8 Å². The fourth-order valence-electron chi connectivity index (χ4n) is 2.84. The normalized spacial score (nSPS) is 10.9. The first kappa shape index (κ1) is 17.9. The summed E-state index contributed by atoms with van der Waals surface area (Å²) in [6, 6.07) is 7.62. The van der Waals surface area contributed by atoms with Crippen molar-refractivity contribution in [3.05, 3.63) is 41.1 Å². The Labute approximate surface area is 153 Å². The van der Waals surface area contributed by atoms with E-state index in [9.17, 15) is 5.11 Å². The summed E-state index contributed by atoms with van der Waals surface area (Å²) in [6.45, 7) is 8.78. The zero-order chi connectivity index (χ0) is 18.7. The van der Waals surface area contributed by atoms with Crippen molar-refractivity contribution in [3.63, 3.8) is 0 Å². The largest absolute Gasteiger partial charge is 0.507 e. The molecule has 3 aromatic rings. The summed E-state index contributed by atoms with van der Waals surface area (Å²) in [4.78, 5) is 9.02. The second-order valence-electron chi connectivity index (χ2n) is 6.39. The minimum Gasteiger partial charge on any atom is -0.507 e. The third-order valence-electron chi connectivity index (χ3n) is 4.20. The SMILES string of the molecule is CCCNc1cc(-c2nc(-c3cc(C)c(O)c(CC)c3)no2)cc(C)n1. The smallest absolute Gasteiger partial charge is 0.258 e. The predicted octanol–water partition coefficient (Wildman–Crippen LogP) is 4.51. The van der Waals surface area contributed by atoms with Gasteiger partial charge in [-0.2, -0.15) is 4.98 Å². The molecule has 136 valence electrons. The van der Waals surface area contributed by atoms with Gasteiger partial charge < -0.3 is 14.9 Å². The molecule has 0 saturated carbocycles. The van der Waals surface area contributed by atoms with Crippen molar-refractivity contribution < 1.29 is 9.63 Å². The van der Waals surface area contributed by atoms with Crippen LogP contribution in [0.1, 0.15) is 37.1 Å². The van der Waals surface area contributed by atoms with Crippen molar-refractivity contribution in [3.8, 4) is 28.6 Å². The number of nitrogens with one attached hydrogen (secondary N) is 1. The second-order valence-corrected chi connectivity index (χ2v) is 6.39. The molecule has 2 N–H and O–H groups in total. The van der Waals surface area contributed by atoms with Crippen LogP contribution < -0.4 is 5.32 Å². The summed E-state index contributed by atoms with van der Waals surface area (Å²) in [6.07, 6.45) is 1.76. The highest BCUT2D eigenvalue weighted by Crippen LogP contribution is 2.30. The molecule has 2 heterocycles. The second kappa shape index (κ2) is 7.56. The van der Waals surface area contributed by atoms with E-state index in [4.69, 9.17) is 4.52 Å². The van der Waals surface area contributed by atoms with Gasteiger partial charge in [-0.15, -0.1) is 0 Å². The molecule has 26 heavy (non-hydrogen) atoms. The molecule has 0 unspecified atom stereocenters. The number of hydrogen-bond acceptors (Lipinski definition) is 6. The number of phenols is 1. The summed E-state index contributed by atoms with van der Waals surface area (Å²) < 4.78 is 5.48. The molecular formula is C20H24N4O2. The molecule has 0 aliphatic heterocycles. The van der Waals surface area contributed by atoms with E-state index in [1.807, 2.05) is 45.0 Å². The number of benzene rings is 1. The monoisotopic (exact) mass is 352 g/mol. The highest BCUT2D eigenvalue weighted by molar-refractivity contribution is 5.65. The molecule has 0 amide bonds. The van der Waals surface area contributed by atoms with Gasteiger partial charge in [0.05, 0.1) is 0 Å². The third kappa shape index (κ3) is 3.69. The number of aromatic hydroxyl groups is 1. The summed E-state index contributed by atoms with van der Waals surface area (Å²) in [7, 11) is 0. The molecule has 2 aromatic heterocycles. The van der Waals surface area contributed by atoms with Gasteiger partial charge >= 0.3 is 0 Å². The van der Waals surface area contributed by atoms with Gasteiger partial charge in [0.2, 0.25) is 5.82 Å². The van der Waals surface area contributed by atoms with Crippen LogP contribution in [0.15, 0.2) is 28.8 Å². The minimum absolute atomic E-state index is 0.330. The Hall–Kier alpha value is -2.89. The molecule has 0 atom stereocenters. The summed E-state index contributed by atoms with van der Waals surface area (Å²) in [5.74, 6) is 2.09. The van der Waals surface area contributed by atoms with Crippen LogP contribution in [0.5, 0.6) is 5.75 Å². The van der Waals surface area contributed by atoms with E-state index in [1.54, 1.807) is 0 Å². The van der Waals surface area contributed by atoms with Gasteiger partial charge in [-0.25, -0.2) is 4.98 Å². The topological polar surface area (TPSA) is 84.1 Å². The van der Waals surface area contributed by atoms with Gasteiger partial charge in [-0.1, -0.05) is 19.0 Å². The average Bonchev–Trinajstić information content (AvgIpc) is 3.12. The van der Waals surface area contributed by atoms with Crippen LogP contribution in [0.2, 0.25) is 0 Å². The van der Waals surface area contributed by atoms with Crippen LogP contribution in [0, 0.1) is 13.8 Å². The lowest BCUT2D eigenvalue weighted by molar-refractivity contribution is 0.432. The number of hydrogen-bond donors (Lipinski definition) is 2. The van der Waals surface area contributed by atoms with Gasteiger partial charge in [-0.05, 0) is 62.1 Å². The van der Waals surface area contributed by atoms with Crippen molar-refractivity contribution in [2.45, 2.75) is 40.5 Å². The lowest BCUT2D eigenvalue weighted by Gasteiger charge is -2.07. The van der Waals surface area contributed by atoms with E-state index in [2.05, 4.69) is 27.4 Å². The van der Waals surface area contributed by atoms with E-state index < -0.39 is 0 Å². The maximum Gasteiger partial charge on any atom is 0.258 e. The molecule has 0 aliphatic rings. The minimum atomic E-state index is 0.330. The number of rotatable bonds is 6. The van der Waals surface area contributed by atoms with Gasteiger partial charge in [0.15, 0.2) is 0 Å². The van der Waals surface area contributed by atoms with Crippen molar-refractivity contribution in [1.82, 2.24) is 15.1 Å². The first-order valence-electron chi connectivity index (χ1n) is 8.91. The Kier molecular flexibility index (Phi) is 5.21. The third-order valence-corrected chi connectivity index (χ3v) is 4.20. The number of nitrogens with zero attached hydrogens (tertiary/aromatic N) is 3. The highest BCUT2D eigenvalue weighted by atomic mass is 16.5. The molecule has 0 fully saturated rings. The van der Waals surface area contributed by atoms with E-state index in [0.29, 0.717) is 17.5 Å². The van der Waals surface area contributed by atoms with Crippen molar-refractivity contribution >= 4 is 5.82 Å². The maximum absolute atomic E-state index is 10.1. The van der Waals surface area contributed by atoms with E-state index in [-0.39, 0.29) is 0 Å². The van der Waals surface area contributed by atoms with Crippen molar-refractivity contribution in [2.75, 3.05) is 11.9 Å². The molecule has 0 bridgehead atoms. The van der Waals surface area contributed by atoms with Crippen molar-refractivity contribution in [2.24, 2.45) is 0 Å². The molecule has 6 nitrogen and oxygen atoms in total. The lowest BCUT2D eigenvalue weighted by atomic mass is 10.0. The predicted molar refractivity (Wildman–Crippen MR) is 102 cm³/mol. The molecule has 3 rings (SSSR count). The zero-order valence-corrected chi connectivity index (χ0v) is 15.6. The van der Waals surface area contributed by atoms with Crippen LogP contribution in [0.25, 0.3) is 22.8 Å². The number of aromatic nitrogens is 3.